The Balaban J connectivity index is 1.40. The Bertz CT molecular complexity index is 891. The molecule has 1 amide bonds. The standard InChI is InChI=1S/C24H29N3O3/c1-30-24(29)22-15-18-7-3-4-8-19(18)16-27(22)17-23(28)25-20-9-11-21(12-10-20)26-13-5-2-6-14-26/h3-4,7-12,22H,2,5-6,13-17H2,1H3,(H,25,28)/t22-/m1/s1. The van der Waals surface area contributed by atoms with E-state index in [1.165, 1.54) is 32.1 Å². The molecule has 1 saturated heterocycles. The number of carbonyl (C=O) groups excluding carboxylic acids is 2. The molecule has 30 heavy (non-hydrogen) atoms. The second-order valence-corrected chi connectivity index (χ2v) is 8.06. The van der Waals surface area contributed by atoms with Crippen molar-refractivity contribution < 1.29 is 14.3 Å². The molecule has 4 rings (SSSR count). The molecule has 0 bridgehead atoms. The number of rotatable bonds is 5. The van der Waals surface area contributed by atoms with E-state index in [1.807, 2.05) is 41.3 Å². The zero-order chi connectivity index (χ0) is 20.9. The van der Waals surface area contributed by atoms with Gasteiger partial charge in [0.25, 0.3) is 0 Å². The van der Waals surface area contributed by atoms with Gasteiger partial charge in [-0.3, -0.25) is 14.5 Å². The maximum absolute atomic E-state index is 12.7. The van der Waals surface area contributed by atoms with Crippen molar-refractivity contribution in [3.05, 3.63) is 59.7 Å². The summed E-state index contributed by atoms with van der Waals surface area (Å²) in [5, 5.41) is 2.97. The zero-order valence-electron chi connectivity index (χ0n) is 17.5. The number of anilines is 2. The molecule has 0 aromatic heterocycles. The summed E-state index contributed by atoms with van der Waals surface area (Å²) >= 11 is 0. The molecule has 0 saturated carbocycles. The summed E-state index contributed by atoms with van der Waals surface area (Å²) in [4.78, 5) is 29.3. The van der Waals surface area contributed by atoms with E-state index >= 15 is 0 Å². The van der Waals surface area contributed by atoms with Crippen LogP contribution in [0.1, 0.15) is 30.4 Å². The van der Waals surface area contributed by atoms with Crippen LogP contribution in [0.4, 0.5) is 11.4 Å². The Hall–Kier alpha value is -2.86. The number of carbonyl (C=O) groups is 2. The fourth-order valence-corrected chi connectivity index (χ4v) is 4.40. The van der Waals surface area contributed by atoms with Gasteiger partial charge in [-0.15, -0.1) is 0 Å². The first-order valence-corrected chi connectivity index (χ1v) is 10.7. The fraction of sp³-hybridized carbons (Fsp3) is 0.417. The molecule has 1 N–H and O–H groups in total. The van der Waals surface area contributed by atoms with Crippen LogP contribution in [0.25, 0.3) is 0 Å². The van der Waals surface area contributed by atoms with Crippen molar-refractivity contribution >= 4 is 23.3 Å². The molecule has 6 nitrogen and oxygen atoms in total. The third-order valence-electron chi connectivity index (χ3n) is 6.04. The van der Waals surface area contributed by atoms with Crippen LogP contribution in [0.3, 0.4) is 0 Å². The summed E-state index contributed by atoms with van der Waals surface area (Å²) in [6.45, 7) is 2.88. The number of piperidine rings is 1. The second kappa shape index (κ2) is 9.30. The summed E-state index contributed by atoms with van der Waals surface area (Å²) in [5.41, 5.74) is 4.26. The Morgan fingerprint density at radius 3 is 2.40 bits per heavy atom. The Morgan fingerprint density at radius 2 is 1.70 bits per heavy atom. The third kappa shape index (κ3) is 4.65. The molecular formula is C24H29N3O3. The van der Waals surface area contributed by atoms with Gasteiger partial charge >= 0.3 is 5.97 Å². The van der Waals surface area contributed by atoms with Crippen LogP contribution < -0.4 is 10.2 Å². The van der Waals surface area contributed by atoms with Gasteiger partial charge in [0.05, 0.1) is 13.7 Å². The summed E-state index contributed by atoms with van der Waals surface area (Å²) in [6.07, 6.45) is 4.33. The van der Waals surface area contributed by atoms with E-state index in [2.05, 4.69) is 22.3 Å². The monoisotopic (exact) mass is 407 g/mol. The molecule has 1 fully saturated rings. The molecule has 2 aliphatic rings. The molecule has 0 aliphatic carbocycles. The first kappa shape index (κ1) is 20.4. The Morgan fingerprint density at radius 1 is 1.00 bits per heavy atom. The molecule has 6 heteroatoms. The van der Waals surface area contributed by atoms with Crippen molar-refractivity contribution in [3.8, 4) is 0 Å². The SMILES string of the molecule is COC(=O)[C@H]1Cc2ccccc2CN1CC(=O)Nc1ccc(N2CCCCC2)cc1. The van der Waals surface area contributed by atoms with Gasteiger partial charge in [-0.05, 0) is 61.1 Å². The minimum absolute atomic E-state index is 0.131. The average Bonchev–Trinajstić information content (AvgIpc) is 2.79. The lowest BCUT2D eigenvalue weighted by molar-refractivity contribution is -0.148. The number of benzene rings is 2. The number of hydrogen-bond acceptors (Lipinski definition) is 5. The van der Waals surface area contributed by atoms with Crippen LogP contribution in [0.5, 0.6) is 0 Å². The minimum atomic E-state index is -0.447. The highest BCUT2D eigenvalue weighted by atomic mass is 16.5. The highest BCUT2D eigenvalue weighted by Crippen LogP contribution is 2.25. The Labute approximate surface area is 177 Å². The van der Waals surface area contributed by atoms with E-state index in [-0.39, 0.29) is 18.4 Å². The molecule has 1 atom stereocenters. The normalized spacial score (nSPS) is 19.1. The van der Waals surface area contributed by atoms with Crippen molar-refractivity contribution in [1.29, 1.82) is 0 Å². The quantitative estimate of drug-likeness (QED) is 0.771. The van der Waals surface area contributed by atoms with E-state index < -0.39 is 6.04 Å². The van der Waals surface area contributed by atoms with E-state index in [9.17, 15) is 9.59 Å². The number of methoxy groups -OCH3 is 1. The number of amides is 1. The molecule has 0 unspecified atom stereocenters. The van der Waals surface area contributed by atoms with Crippen molar-refractivity contribution in [2.45, 2.75) is 38.3 Å². The first-order chi connectivity index (χ1) is 14.6. The molecule has 0 spiro atoms. The van der Waals surface area contributed by atoms with E-state index in [4.69, 9.17) is 4.74 Å². The molecule has 2 aliphatic heterocycles. The molecular weight excluding hydrogens is 378 g/mol. The topological polar surface area (TPSA) is 61.9 Å². The van der Waals surface area contributed by atoms with Gasteiger partial charge in [-0.25, -0.2) is 0 Å². The summed E-state index contributed by atoms with van der Waals surface area (Å²) in [5.74, 6) is -0.433. The third-order valence-corrected chi connectivity index (χ3v) is 6.04. The summed E-state index contributed by atoms with van der Waals surface area (Å²) in [7, 11) is 1.39. The molecule has 2 heterocycles. The van der Waals surface area contributed by atoms with Crippen LogP contribution in [0.2, 0.25) is 0 Å². The summed E-state index contributed by atoms with van der Waals surface area (Å²) < 4.78 is 4.99. The molecule has 158 valence electrons. The average molecular weight is 408 g/mol. The van der Waals surface area contributed by atoms with Gasteiger partial charge < -0.3 is 15.0 Å². The molecule has 0 radical (unpaired) electrons. The van der Waals surface area contributed by atoms with Crippen LogP contribution in [-0.4, -0.2) is 49.6 Å². The number of hydrogen-bond donors (Lipinski definition) is 1. The highest BCUT2D eigenvalue weighted by molar-refractivity contribution is 5.93. The van der Waals surface area contributed by atoms with Gasteiger partial charge in [-0.2, -0.15) is 0 Å². The predicted molar refractivity (Wildman–Crippen MR) is 117 cm³/mol. The van der Waals surface area contributed by atoms with Crippen LogP contribution in [-0.2, 0) is 27.3 Å². The van der Waals surface area contributed by atoms with Gasteiger partial charge in [-0.1, -0.05) is 24.3 Å². The number of nitrogens with one attached hydrogen (secondary N) is 1. The number of esters is 1. The maximum Gasteiger partial charge on any atom is 0.323 e. The van der Waals surface area contributed by atoms with E-state index in [0.717, 1.165) is 29.9 Å². The number of fused-ring (bicyclic) bond motifs is 1. The van der Waals surface area contributed by atoms with Crippen molar-refractivity contribution in [1.82, 2.24) is 4.90 Å². The number of nitrogens with zero attached hydrogens (tertiary/aromatic N) is 2. The lowest BCUT2D eigenvalue weighted by Gasteiger charge is -2.34. The van der Waals surface area contributed by atoms with Gasteiger partial charge in [0, 0.05) is 31.0 Å². The second-order valence-electron chi connectivity index (χ2n) is 8.06. The highest BCUT2D eigenvalue weighted by Gasteiger charge is 2.33. The van der Waals surface area contributed by atoms with Gasteiger partial charge in [0.1, 0.15) is 6.04 Å². The maximum atomic E-state index is 12.7. The zero-order valence-corrected chi connectivity index (χ0v) is 17.5. The molecule has 2 aromatic carbocycles. The lowest BCUT2D eigenvalue weighted by atomic mass is 9.94. The van der Waals surface area contributed by atoms with Crippen LogP contribution in [0.15, 0.2) is 48.5 Å². The summed E-state index contributed by atoms with van der Waals surface area (Å²) in [6, 6.07) is 15.6. The lowest BCUT2D eigenvalue weighted by Crippen LogP contribution is -2.49. The van der Waals surface area contributed by atoms with Crippen LogP contribution in [0, 0.1) is 0 Å². The van der Waals surface area contributed by atoms with Crippen molar-refractivity contribution in [2.75, 3.05) is 37.0 Å². The largest absolute Gasteiger partial charge is 0.468 e. The van der Waals surface area contributed by atoms with Gasteiger partial charge in [0.2, 0.25) is 5.91 Å². The first-order valence-electron chi connectivity index (χ1n) is 10.7. The minimum Gasteiger partial charge on any atom is -0.468 e. The number of ether oxygens (including phenoxy) is 1. The van der Waals surface area contributed by atoms with E-state index in [1.54, 1.807) is 0 Å². The molecule has 2 aromatic rings. The smallest absolute Gasteiger partial charge is 0.323 e. The van der Waals surface area contributed by atoms with Crippen molar-refractivity contribution in [3.63, 3.8) is 0 Å². The predicted octanol–water partition coefficient (Wildman–Crippen LogP) is 3.22. The Kier molecular flexibility index (Phi) is 6.33. The fourth-order valence-electron chi connectivity index (χ4n) is 4.40. The van der Waals surface area contributed by atoms with Crippen LogP contribution >= 0.6 is 0 Å². The van der Waals surface area contributed by atoms with E-state index in [0.29, 0.717) is 13.0 Å². The van der Waals surface area contributed by atoms with Gasteiger partial charge in [0.15, 0.2) is 0 Å². The van der Waals surface area contributed by atoms with Crippen molar-refractivity contribution in [2.24, 2.45) is 0 Å².